The SMILES string of the molecule is COc1ccc(C)cc1N(CC(=O)N[C@H](c1ccccc1)c1ccc(C)cc1)S(C)(=O)=O. The summed E-state index contributed by atoms with van der Waals surface area (Å²) in [7, 11) is -2.27. The molecular weight excluding hydrogens is 424 g/mol. The first kappa shape index (κ1) is 23.3. The normalized spacial score (nSPS) is 12.1. The van der Waals surface area contributed by atoms with Crippen molar-refractivity contribution in [3.8, 4) is 5.75 Å². The second kappa shape index (κ2) is 9.87. The lowest BCUT2D eigenvalue weighted by Crippen LogP contribution is -2.42. The van der Waals surface area contributed by atoms with Gasteiger partial charge in [0.15, 0.2) is 0 Å². The number of anilines is 1. The maximum atomic E-state index is 13.1. The quantitative estimate of drug-likeness (QED) is 0.561. The molecule has 0 aliphatic carbocycles. The van der Waals surface area contributed by atoms with E-state index < -0.39 is 22.0 Å². The Bertz CT molecular complexity index is 1180. The average Bonchev–Trinajstić information content (AvgIpc) is 2.76. The number of hydrogen-bond donors (Lipinski definition) is 1. The summed E-state index contributed by atoms with van der Waals surface area (Å²) in [6.07, 6.45) is 1.08. The van der Waals surface area contributed by atoms with Crippen LogP contribution in [0.3, 0.4) is 0 Å². The second-order valence-corrected chi connectivity index (χ2v) is 9.67. The number of sulfonamides is 1. The van der Waals surface area contributed by atoms with Crippen molar-refractivity contribution in [3.63, 3.8) is 0 Å². The molecule has 0 saturated carbocycles. The van der Waals surface area contributed by atoms with Gasteiger partial charge in [0, 0.05) is 0 Å². The average molecular weight is 453 g/mol. The molecule has 0 fully saturated rings. The predicted octanol–water partition coefficient (Wildman–Crippen LogP) is 3.98. The molecule has 0 heterocycles. The van der Waals surface area contributed by atoms with E-state index in [2.05, 4.69) is 5.32 Å². The number of nitrogens with zero attached hydrogens (tertiary/aromatic N) is 1. The van der Waals surface area contributed by atoms with Crippen LogP contribution in [0.4, 0.5) is 5.69 Å². The van der Waals surface area contributed by atoms with E-state index in [-0.39, 0.29) is 6.54 Å². The van der Waals surface area contributed by atoms with Crippen LogP contribution in [0.15, 0.2) is 72.8 Å². The lowest BCUT2D eigenvalue weighted by atomic mass is 9.98. The third kappa shape index (κ3) is 5.68. The number of amides is 1. The molecule has 3 rings (SSSR count). The van der Waals surface area contributed by atoms with Crippen LogP contribution < -0.4 is 14.4 Å². The molecule has 0 saturated heterocycles. The number of ether oxygens (including phenoxy) is 1. The molecule has 1 amide bonds. The molecule has 3 aromatic rings. The predicted molar refractivity (Wildman–Crippen MR) is 128 cm³/mol. The third-order valence-corrected chi connectivity index (χ3v) is 6.27. The van der Waals surface area contributed by atoms with Crippen LogP contribution in [0.25, 0.3) is 0 Å². The van der Waals surface area contributed by atoms with E-state index in [1.165, 1.54) is 7.11 Å². The van der Waals surface area contributed by atoms with Gasteiger partial charge in [0.25, 0.3) is 0 Å². The van der Waals surface area contributed by atoms with Crippen molar-refractivity contribution in [2.75, 3.05) is 24.2 Å². The Labute approximate surface area is 189 Å². The molecule has 168 valence electrons. The summed E-state index contributed by atoms with van der Waals surface area (Å²) in [6, 6.07) is 22.3. The smallest absolute Gasteiger partial charge is 0.241 e. The van der Waals surface area contributed by atoms with Gasteiger partial charge in [-0.15, -0.1) is 0 Å². The molecule has 0 bridgehead atoms. The number of rotatable bonds is 8. The molecule has 1 N–H and O–H groups in total. The zero-order valence-corrected chi connectivity index (χ0v) is 19.5. The van der Waals surface area contributed by atoms with Gasteiger partial charge in [-0.2, -0.15) is 0 Å². The van der Waals surface area contributed by atoms with Crippen molar-refractivity contribution < 1.29 is 17.9 Å². The van der Waals surface area contributed by atoms with Crippen molar-refractivity contribution in [1.29, 1.82) is 0 Å². The van der Waals surface area contributed by atoms with E-state index in [4.69, 9.17) is 4.74 Å². The van der Waals surface area contributed by atoms with E-state index in [1.807, 2.05) is 74.5 Å². The number of carbonyl (C=O) groups excluding carboxylic acids is 1. The molecule has 1 atom stereocenters. The van der Waals surface area contributed by atoms with Crippen molar-refractivity contribution in [3.05, 3.63) is 95.1 Å². The first-order valence-corrected chi connectivity index (χ1v) is 12.1. The van der Waals surface area contributed by atoms with Crippen LogP contribution >= 0.6 is 0 Å². The molecule has 0 aliphatic heterocycles. The maximum Gasteiger partial charge on any atom is 0.241 e. The Balaban J connectivity index is 1.93. The topological polar surface area (TPSA) is 75.7 Å². The van der Waals surface area contributed by atoms with E-state index in [0.717, 1.165) is 32.8 Å². The zero-order valence-electron chi connectivity index (χ0n) is 18.7. The van der Waals surface area contributed by atoms with Crippen molar-refractivity contribution in [2.24, 2.45) is 0 Å². The van der Waals surface area contributed by atoms with Gasteiger partial charge in [-0.25, -0.2) is 8.42 Å². The lowest BCUT2D eigenvalue weighted by Gasteiger charge is -2.26. The van der Waals surface area contributed by atoms with Crippen LogP contribution in [0.2, 0.25) is 0 Å². The highest BCUT2D eigenvalue weighted by Crippen LogP contribution is 2.31. The molecule has 6 nitrogen and oxygen atoms in total. The summed E-state index contributed by atoms with van der Waals surface area (Å²) in [6.45, 7) is 3.49. The molecule has 0 spiro atoms. The number of benzene rings is 3. The minimum Gasteiger partial charge on any atom is -0.495 e. The van der Waals surface area contributed by atoms with Gasteiger partial charge in [0.1, 0.15) is 12.3 Å². The second-order valence-electron chi connectivity index (χ2n) is 7.77. The molecular formula is C25H28N2O4S. The Morgan fingerprint density at radius 3 is 2.12 bits per heavy atom. The summed E-state index contributed by atoms with van der Waals surface area (Å²) in [5.41, 5.74) is 4.12. The minimum atomic E-state index is -3.74. The number of aryl methyl sites for hydroxylation is 2. The molecule has 3 aromatic carbocycles. The Kier molecular flexibility index (Phi) is 7.20. The van der Waals surface area contributed by atoms with Gasteiger partial charge in [-0.3, -0.25) is 9.10 Å². The lowest BCUT2D eigenvalue weighted by molar-refractivity contribution is -0.120. The monoisotopic (exact) mass is 452 g/mol. The fourth-order valence-corrected chi connectivity index (χ4v) is 4.33. The molecule has 0 aliphatic rings. The molecule has 0 radical (unpaired) electrons. The van der Waals surface area contributed by atoms with Gasteiger partial charge in [0.05, 0.1) is 25.1 Å². The van der Waals surface area contributed by atoms with Crippen LogP contribution in [0.5, 0.6) is 5.75 Å². The highest BCUT2D eigenvalue weighted by atomic mass is 32.2. The van der Waals surface area contributed by atoms with Crippen molar-refractivity contribution in [1.82, 2.24) is 5.32 Å². The first-order valence-electron chi connectivity index (χ1n) is 10.2. The first-order chi connectivity index (χ1) is 15.2. The maximum absolute atomic E-state index is 13.1. The van der Waals surface area contributed by atoms with E-state index in [9.17, 15) is 13.2 Å². The third-order valence-electron chi connectivity index (χ3n) is 5.14. The molecule has 7 heteroatoms. The minimum absolute atomic E-state index is 0.330. The standard InChI is InChI=1S/C25H28N2O4S/c1-18-10-13-21(14-11-18)25(20-8-6-5-7-9-20)26-24(28)17-27(32(4,29)30)22-16-19(2)12-15-23(22)31-3/h5-16,25H,17H2,1-4H3,(H,26,28)/t25-/m1/s1. The number of hydrogen-bond acceptors (Lipinski definition) is 4. The molecule has 0 unspecified atom stereocenters. The van der Waals surface area contributed by atoms with Crippen LogP contribution in [-0.4, -0.2) is 34.2 Å². The van der Waals surface area contributed by atoms with Gasteiger partial charge >= 0.3 is 0 Å². The molecule has 0 aromatic heterocycles. The number of carbonyl (C=O) groups is 1. The highest BCUT2D eigenvalue weighted by molar-refractivity contribution is 7.92. The van der Waals surface area contributed by atoms with E-state index >= 15 is 0 Å². The van der Waals surface area contributed by atoms with Crippen LogP contribution in [0.1, 0.15) is 28.3 Å². The Morgan fingerprint density at radius 1 is 0.938 bits per heavy atom. The summed E-state index contributed by atoms with van der Waals surface area (Å²) in [4.78, 5) is 13.1. The Hall–Kier alpha value is -3.32. The largest absolute Gasteiger partial charge is 0.495 e. The Morgan fingerprint density at radius 2 is 1.53 bits per heavy atom. The highest BCUT2D eigenvalue weighted by Gasteiger charge is 2.26. The van der Waals surface area contributed by atoms with Crippen molar-refractivity contribution in [2.45, 2.75) is 19.9 Å². The van der Waals surface area contributed by atoms with E-state index in [1.54, 1.807) is 12.1 Å². The number of methoxy groups -OCH3 is 1. The van der Waals surface area contributed by atoms with Crippen LogP contribution in [-0.2, 0) is 14.8 Å². The van der Waals surface area contributed by atoms with Gasteiger partial charge in [-0.05, 0) is 42.7 Å². The van der Waals surface area contributed by atoms with Gasteiger partial charge < -0.3 is 10.1 Å². The summed E-state index contributed by atoms with van der Waals surface area (Å²) >= 11 is 0. The van der Waals surface area contributed by atoms with Crippen molar-refractivity contribution >= 4 is 21.6 Å². The van der Waals surface area contributed by atoms with E-state index in [0.29, 0.717) is 11.4 Å². The summed E-state index contributed by atoms with van der Waals surface area (Å²) in [5.74, 6) is -0.0413. The fraction of sp³-hybridized carbons (Fsp3) is 0.240. The zero-order chi connectivity index (χ0) is 23.3. The summed E-state index contributed by atoms with van der Waals surface area (Å²) < 4.78 is 31.6. The number of nitrogens with one attached hydrogen (secondary N) is 1. The van der Waals surface area contributed by atoms with Gasteiger partial charge in [0.2, 0.25) is 15.9 Å². The summed E-state index contributed by atoms with van der Waals surface area (Å²) in [5, 5.41) is 3.01. The molecule has 32 heavy (non-hydrogen) atoms. The van der Waals surface area contributed by atoms with Crippen LogP contribution in [0, 0.1) is 13.8 Å². The van der Waals surface area contributed by atoms with Gasteiger partial charge in [-0.1, -0.05) is 66.2 Å². The fourth-order valence-electron chi connectivity index (χ4n) is 3.48.